The van der Waals surface area contributed by atoms with Crippen LogP contribution in [-0.4, -0.2) is 4.98 Å². The van der Waals surface area contributed by atoms with Crippen LogP contribution in [0.2, 0.25) is 0 Å². The number of aromatic nitrogens is 1. The van der Waals surface area contributed by atoms with Crippen LogP contribution in [0.15, 0.2) is 29.1 Å². The Hall–Kier alpha value is -1.57. The fourth-order valence-corrected chi connectivity index (χ4v) is 2.20. The lowest BCUT2D eigenvalue weighted by atomic mass is 10.1. The Morgan fingerprint density at radius 1 is 1.31 bits per heavy atom. The van der Waals surface area contributed by atoms with Gasteiger partial charge < -0.3 is 4.98 Å². The fraction of sp³-hybridized carbons (Fsp3) is 0.357. The molecule has 0 amide bonds. The molecule has 16 heavy (non-hydrogen) atoms. The average Bonchev–Trinajstić information content (AvgIpc) is 3.11. The Bertz CT molecular complexity index is 593. The minimum absolute atomic E-state index is 0.0502. The van der Waals surface area contributed by atoms with Gasteiger partial charge in [0.15, 0.2) is 0 Å². The zero-order chi connectivity index (χ0) is 11.1. The number of benzene rings is 1. The van der Waals surface area contributed by atoms with Gasteiger partial charge in [0, 0.05) is 11.1 Å². The molecule has 2 heteroatoms. The van der Waals surface area contributed by atoms with Crippen molar-refractivity contribution in [3.63, 3.8) is 0 Å². The van der Waals surface area contributed by atoms with Crippen molar-refractivity contribution in [3.8, 4) is 0 Å². The van der Waals surface area contributed by atoms with Gasteiger partial charge in [0.1, 0.15) is 0 Å². The molecule has 1 aliphatic rings. The van der Waals surface area contributed by atoms with Crippen LogP contribution in [0, 0.1) is 0 Å². The van der Waals surface area contributed by atoms with E-state index in [-0.39, 0.29) is 5.56 Å². The minimum atomic E-state index is 0.0502. The molecule has 1 aliphatic carbocycles. The Morgan fingerprint density at radius 3 is 2.81 bits per heavy atom. The largest absolute Gasteiger partial charge is 0.322 e. The lowest BCUT2D eigenvalue weighted by molar-refractivity contribution is 1.08. The summed E-state index contributed by atoms with van der Waals surface area (Å²) in [5.74, 6) is 0.765. The minimum Gasteiger partial charge on any atom is -0.322 e. The third-order valence-corrected chi connectivity index (χ3v) is 3.37. The number of nitrogens with one attached hydrogen (secondary N) is 1. The highest BCUT2D eigenvalue weighted by molar-refractivity contribution is 5.80. The first-order chi connectivity index (χ1) is 7.78. The van der Waals surface area contributed by atoms with E-state index in [2.05, 4.69) is 17.1 Å². The fourth-order valence-electron chi connectivity index (χ4n) is 2.20. The molecule has 1 saturated carbocycles. The van der Waals surface area contributed by atoms with E-state index in [1.807, 2.05) is 19.1 Å². The zero-order valence-electron chi connectivity index (χ0n) is 9.42. The molecule has 1 N–H and O–H groups in total. The maximum atomic E-state index is 11.6. The van der Waals surface area contributed by atoms with Crippen LogP contribution in [0.4, 0.5) is 0 Å². The van der Waals surface area contributed by atoms with Gasteiger partial charge in [-0.2, -0.15) is 0 Å². The van der Waals surface area contributed by atoms with Crippen molar-refractivity contribution in [3.05, 3.63) is 45.7 Å². The molecule has 0 saturated heterocycles. The molecular weight excluding hydrogens is 198 g/mol. The zero-order valence-corrected chi connectivity index (χ0v) is 9.42. The summed E-state index contributed by atoms with van der Waals surface area (Å²) in [5, 5.41) is 1.17. The van der Waals surface area contributed by atoms with Gasteiger partial charge in [0.25, 0.3) is 5.56 Å². The molecule has 1 aromatic heterocycles. The summed E-state index contributed by atoms with van der Waals surface area (Å²) < 4.78 is 0. The molecule has 2 nitrogen and oxygen atoms in total. The van der Waals surface area contributed by atoms with Crippen LogP contribution in [0.5, 0.6) is 0 Å². The topological polar surface area (TPSA) is 32.9 Å². The molecule has 3 rings (SSSR count). The van der Waals surface area contributed by atoms with E-state index < -0.39 is 0 Å². The van der Waals surface area contributed by atoms with Gasteiger partial charge in [-0.3, -0.25) is 4.79 Å². The van der Waals surface area contributed by atoms with Crippen molar-refractivity contribution >= 4 is 10.9 Å². The predicted molar refractivity (Wildman–Crippen MR) is 65.9 cm³/mol. The lowest BCUT2D eigenvalue weighted by Gasteiger charge is -2.03. The maximum Gasteiger partial charge on any atom is 0.251 e. The molecule has 1 aromatic carbocycles. The van der Waals surface area contributed by atoms with Gasteiger partial charge in [-0.15, -0.1) is 0 Å². The second kappa shape index (κ2) is 3.48. The molecule has 1 heterocycles. The van der Waals surface area contributed by atoms with Crippen LogP contribution in [0.3, 0.4) is 0 Å². The summed E-state index contributed by atoms with van der Waals surface area (Å²) in [6, 6.07) is 8.42. The number of H-pyrrole nitrogens is 1. The molecule has 0 spiro atoms. The van der Waals surface area contributed by atoms with E-state index in [0.29, 0.717) is 0 Å². The maximum absolute atomic E-state index is 11.6. The summed E-state index contributed by atoms with van der Waals surface area (Å²) >= 11 is 0. The van der Waals surface area contributed by atoms with Crippen molar-refractivity contribution in [2.24, 2.45) is 0 Å². The Kier molecular flexibility index (Phi) is 2.10. The molecular formula is C14H15NO. The molecule has 0 bridgehead atoms. The van der Waals surface area contributed by atoms with Gasteiger partial charge in [-0.1, -0.05) is 13.0 Å². The normalized spacial score (nSPS) is 15.6. The van der Waals surface area contributed by atoms with Gasteiger partial charge >= 0.3 is 0 Å². The summed E-state index contributed by atoms with van der Waals surface area (Å²) in [6.07, 6.45) is 3.42. The van der Waals surface area contributed by atoms with E-state index in [9.17, 15) is 4.79 Å². The Balaban J connectivity index is 2.21. The first-order valence-corrected chi connectivity index (χ1v) is 5.94. The van der Waals surface area contributed by atoms with E-state index in [4.69, 9.17) is 0 Å². The molecule has 2 aromatic rings. The number of aryl methyl sites for hydroxylation is 1. The lowest BCUT2D eigenvalue weighted by Crippen LogP contribution is -2.11. The van der Waals surface area contributed by atoms with E-state index in [1.54, 1.807) is 0 Å². The Morgan fingerprint density at radius 2 is 2.12 bits per heavy atom. The monoisotopic (exact) mass is 213 g/mol. The second-order valence-electron chi connectivity index (χ2n) is 4.60. The summed E-state index contributed by atoms with van der Waals surface area (Å²) in [4.78, 5) is 14.6. The van der Waals surface area contributed by atoms with Crippen LogP contribution in [0.1, 0.15) is 36.8 Å². The summed E-state index contributed by atoms with van der Waals surface area (Å²) in [6.45, 7) is 2.02. The average molecular weight is 213 g/mol. The highest BCUT2D eigenvalue weighted by atomic mass is 16.1. The number of fused-ring (bicyclic) bond motifs is 1. The second-order valence-corrected chi connectivity index (χ2v) is 4.60. The van der Waals surface area contributed by atoms with E-state index >= 15 is 0 Å². The highest BCUT2D eigenvalue weighted by Crippen LogP contribution is 2.40. The molecule has 0 unspecified atom stereocenters. The molecule has 0 atom stereocenters. The van der Waals surface area contributed by atoms with Crippen LogP contribution < -0.4 is 5.56 Å². The van der Waals surface area contributed by atoms with Crippen molar-refractivity contribution in [2.75, 3.05) is 0 Å². The number of pyridine rings is 1. The summed E-state index contributed by atoms with van der Waals surface area (Å²) in [5.41, 5.74) is 3.29. The van der Waals surface area contributed by atoms with Crippen molar-refractivity contribution in [1.29, 1.82) is 0 Å². The van der Waals surface area contributed by atoms with E-state index in [1.165, 1.54) is 23.8 Å². The third kappa shape index (κ3) is 1.54. The third-order valence-electron chi connectivity index (χ3n) is 3.37. The molecule has 82 valence electrons. The highest BCUT2D eigenvalue weighted by Gasteiger charge is 2.23. The van der Waals surface area contributed by atoms with Crippen LogP contribution >= 0.6 is 0 Å². The first kappa shape index (κ1) is 9.64. The predicted octanol–water partition coefficient (Wildman–Crippen LogP) is 2.97. The number of hydrogen-bond donors (Lipinski definition) is 1. The van der Waals surface area contributed by atoms with Crippen molar-refractivity contribution in [1.82, 2.24) is 4.98 Å². The number of aromatic amines is 1. The molecule has 0 aliphatic heterocycles. The van der Waals surface area contributed by atoms with Crippen LogP contribution in [-0.2, 0) is 6.42 Å². The molecule has 0 radical (unpaired) electrons. The van der Waals surface area contributed by atoms with Gasteiger partial charge in [-0.25, -0.2) is 0 Å². The first-order valence-electron chi connectivity index (χ1n) is 5.94. The SMILES string of the molecule is CCc1cc2cc(C3CC3)ccc2[nH]c1=O. The Labute approximate surface area is 94.3 Å². The quantitative estimate of drug-likeness (QED) is 0.817. The summed E-state index contributed by atoms with van der Waals surface area (Å²) in [7, 11) is 0. The number of hydrogen-bond acceptors (Lipinski definition) is 1. The number of rotatable bonds is 2. The molecule has 1 fully saturated rings. The van der Waals surface area contributed by atoms with Gasteiger partial charge in [0.05, 0.1) is 0 Å². The van der Waals surface area contributed by atoms with E-state index in [0.717, 1.165) is 23.4 Å². The van der Waals surface area contributed by atoms with Crippen LogP contribution in [0.25, 0.3) is 10.9 Å². The van der Waals surface area contributed by atoms with Gasteiger partial charge in [0.2, 0.25) is 0 Å². The smallest absolute Gasteiger partial charge is 0.251 e. The standard InChI is InChI=1S/C14H15NO/c1-2-9-7-12-8-11(10-3-4-10)5-6-13(12)15-14(9)16/h5-8,10H,2-4H2,1H3,(H,15,16). The van der Waals surface area contributed by atoms with Crippen molar-refractivity contribution < 1.29 is 0 Å². The van der Waals surface area contributed by atoms with Gasteiger partial charge in [-0.05, 0) is 54.3 Å². The van der Waals surface area contributed by atoms with Crippen molar-refractivity contribution in [2.45, 2.75) is 32.1 Å².